The molecule has 1 saturated heterocycles. The number of amides is 1. The predicted octanol–water partition coefficient (Wildman–Crippen LogP) is 3.31. The number of para-hydroxylation sites is 1. The van der Waals surface area contributed by atoms with Crippen LogP contribution < -0.4 is 0 Å². The van der Waals surface area contributed by atoms with Crippen molar-refractivity contribution in [3.63, 3.8) is 0 Å². The Morgan fingerprint density at radius 1 is 1.19 bits per heavy atom. The van der Waals surface area contributed by atoms with Gasteiger partial charge in [-0.05, 0) is 48.4 Å². The van der Waals surface area contributed by atoms with Gasteiger partial charge < -0.3 is 4.90 Å². The molecule has 0 N–H and O–H groups in total. The maximum atomic E-state index is 12.5. The quantitative estimate of drug-likeness (QED) is 0.727. The van der Waals surface area contributed by atoms with Gasteiger partial charge in [0.1, 0.15) is 0 Å². The molecule has 1 aromatic carbocycles. The highest BCUT2D eigenvalue weighted by atomic mass is 16.2. The molecular formula is C21H24N4O. The molecule has 0 saturated carbocycles. The van der Waals surface area contributed by atoms with Gasteiger partial charge in [0.15, 0.2) is 0 Å². The number of hydrogen-bond donors (Lipinski definition) is 0. The number of likely N-dealkylation sites (tertiary alicyclic amines) is 1. The van der Waals surface area contributed by atoms with E-state index in [0.717, 1.165) is 43.4 Å². The van der Waals surface area contributed by atoms with Crippen LogP contribution in [0.1, 0.15) is 36.3 Å². The molecule has 134 valence electrons. The Balaban J connectivity index is 1.37. The number of nitrogens with zero attached hydrogens (tertiary/aromatic N) is 4. The number of rotatable bonds is 4. The molecule has 0 unspecified atom stereocenters. The molecule has 1 amide bonds. The molecule has 0 atom stereocenters. The summed E-state index contributed by atoms with van der Waals surface area (Å²) in [4.78, 5) is 19.0. The van der Waals surface area contributed by atoms with Gasteiger partial charge in [-0.3, -0.25) is 14.5 Å². The number of benzene rings is 1. The fraction of sp³-hybridized carbons (Fsp3) is 0.381. The van der Waals surface area contributed by atoms with Crippen LogP contribution in [-0.4, -0.2) is 38.7 Å². The number of carbonyl (C=O) groups excluding carboxylic acids is 1. The van der Waals surface area contributed by atoms with Gasteiger partial charge in [-0.15, -0.1) is 0 Å². The van der Waals surface area contributed by atoms with Crippen LogP contribution in [0.3, 0.4) is 0 Å². The van der Waals surface area contributed by atoms with Crippen LogP contribution in [0.15, 0.2) is 48.9 Å². The van der Waals surface area contributed by atoms with Crippen molar-refractivity contribution in [1.82, 2.24) is 19.7 Å². The van der Waals surface area contributed by atoms with Crippen LogP contribution in [0.2, 0.25) is 0 Å². The lowest BCUT2D eigenvalue weighted by molar-refractivity contribution is -0.132. The number of aromatic nitrogens is 3. The van der Waals surface area contributed by atoms with Crippen molar-refractivity contribution in [2.75, 3.05) is 13.1 Å². The van der Waals surface area contributed by atoms with E-state index >= 15 is 0 Å². The fourth-order valence-corrected chi connectivity index (χ4v) is 3.92. The molecule has 0 spiro atoms. The highest BCUT2D eigenvalue weighted by Crippen LogP contribution is 2.32. The molecule has 3 aromatic rings. The minimum Gasteiger partial charge on any atom is -0.343 e. The molecule has 0 bridgehead atoms. The van der Waals surface area contributed by atoms with E-state index in [1.54, 1.807) is 4.68 Å². The zero-order valence-corrected chi connectivity index (χ0v) is 15.1. The lowest BCUT2D eigenvalue weighted by Gasteiger charge is -2.32. The Morgan fingerprint density at radius 2 is 2.00 bits per heavy atom. The Labute approximate surface area is 153 Å². The lowest BCUT2D eigenvalue weighted by atomic mass is 9.87. The molecule has 3 heterocycles. The topological polar surface area (TPSA) is 51.0 Å². The van der Waals surface area contributed by atoms with Crippen molar-refractivity contribution in [3.05, 3.63) is 60.0 Å². The van der Waals surface area contributed by atoms with Gasteiger partial charge in [0.05, 0.1) is 11.7 Å². The van der Waals surface area contributed by atoms with Crippen molar-refractivity contribution in [2.24, 2.45) is 7.05 Å². The summed E-state index contributed by atoms with van der Waals surface area (Å²) in [6, 6.07) is 10.5. The molecule has 4 rings (SSSR count). The first kappa shape index (κ1) is 16.8. The van der Waals surface area contributed by atoms with E-state index in [9.17, 15) is 4.79 Å². The third-order valence-electron chi connectivity index (χ3n) is 5.36. The van der Waals surface area contributed by atoms with E-state index in [0.29, 0.717) is 12.3 Å². The second-order valence-electron chi connectivity index (χ2n) is 7.09. The van der Waals surface area contributed by atoms with Crippen molar-refractivity contribution in [1.29, 1.82) is 0 Å². The molecule has 5 heteroatoms. The number of piperidine rings is 1. The van der Waals surface area contributed by atoms with E-state index in [1.807, 2.05) is 36.6 Å². The van der Waals surface area contributed by atoms with Gasteiger partial charge in [0, 0.05) is 44.3 Å². The highest BCUT2D eigenvalue weighted by Gasteiger charge is 2.24. The standard InChI is InChI=1S/C21H24N4O/c1-24-15-16(14-23-24)6-7-21(26)25-12-9-17(10-13-25)18-8-11-22-20-5-3-2-4-19(18)20/h2-5,8,11,14-15,17H,6-7,9-10,12-13H2,1H3. The molecule has 0 radical (unpaired) electrons. The monoisotopic (exact) mass is 348 g/mol. The molecule has 1 aliphatic rings. The normalized spacial score (nSPS) is 15.5. The smallest absolute Gasteiger partial charge is 0.222 e. The Hall–Kier alpha value is -2.69. The minimum absolute atomic E-state index is 0.256. The number of pyridine rings is 1. The highest BCUT2D eigenvalue weighted by molar-refractivity contribution is 5.82. The van der Waals surface area contributed by atoms with E-state index in [4.69, 9.17) is 0 Å². The summed E-state index contributed by atoms with van der Waals surface area (Å²) in [5.74, 6) is 0.761. The molecule has 26 heavy (non-hydrogen) atoms. The van der Waals surface area contributed by atoms with Gasteiger partial charge >= 0.3 is 0 Å². The van der Waals surface area contributed by atoms with Gasteiger partial charge in [-0.25, -0.2) is 0 Å². The maximum absolute atomic E-state index is 12.5. The molecule has 1 fully saturated rings. The first-order valence-corrected chi connectivity index (χ1v) is 9.29. The number of hydrogen-bond acceptors (Lipinski definition) is 3. The van der Waals surface area contributed by atoms with E-state index in [2.05, 4.69) is 34.3 Å². The van der Waals surface area contributed by atoms with E-state index in [1.165, 1.54) is 10.9 Å². The summed E-state index contributed by atoms with van der Waals surface area (Å²) in [6.45, 7) is 1.68. The van der Waals surface area contributed by atoms with Crippen molar-refractivity contribution < 1.29 is 4.79 Å². The van der Waals surface area contributed by atoms with E-state index < -0.39 is 0 Å². The molecular weight excluding hydrogens is 324 g/mol. The van der Waals surface area contributed by atoms with Gasteiger partial charge in [-0.1, -0.05) is 18.2 Å². The summed E-state index contributed by atoms with van der Waals surface area (Å²) in [7, 11) is 1.90. The van der Waals surface area contributed by atoms with Crippen LogP contribution in [0, 0.1) is 0 Å². The summed E-state index contributed by atoms with van der Waals surface area (Å²) in [5.41, 5.74) is 3.55. The Morgan fingerprint density at radius 3 is 2.77 bits per heavy atom. The summed E-state index contributed by atoms with van der Waals surface area (Å²) in [6.07, 6.45) is 9.10. The summed E-state index contributed by atoms with van der Waals surface area (Å²) >= 11 is 0. The first-order valence-electron chi connectivity index (χ1n) is 9.29. The SMILES string of the molecule is Cn1cc(CCC(=O)N2CCC(c3ccnc4ccccc34)CC2)cn1. The second-order valence-corrected chi connectivity index (χ2v) is 7.09. The third-order valence-corrected chi connectivity index (χ3v) is 5.36. The molecule has 2 aromatic heterocycles. The molecule has 5 nitrogen and oxygen atoms in total. The average molecular weight is 348 g/mol. The zero-order valence-electron chi connectivity index (χ0n) is 15.1. The number of fused-ring (bicyclic) bond motifs is 1. The van der Waals surface area contributed by atoms with Crippen molar-refractivity contribution in [3.8, 4) is 0 Å². The van der Waals surface area contributed by atoms with Crippen molar-refractivity contribution >= 4 is 16.8 Å². The number of carbonyl (C=O) groups is 1. The average Bonchev–Trinajstić information content (AvgIpc) is 3.11. The molecule has 1 aliphatic heterocycles. The summed E-state index contributed by atoms with van der Waals surface area (Å²) < 4.78 is 1.78. The number of aryl methyl sites for hydroxylation is 2. The van der Waals surface area contributed by atoms with Crippen LogP contribution in [0.25, 0.3) is 10.9 Å². The maximum Gasteiger partial charge on any atom is 0.222 e. The lowest BCUT2D eigenvalue weighted by Crippen LogP contribution is -2.38. The first-order chi connectivity index (χ1) is 12.7. The van der Waals surface area contributed by atoms with Crippen LogP contribution in [-0.2, 0) is 18.3 Å². The van der Waals surface area contributed by atoms with Crippen LogP contribution in [0.4, 0.5) is 0 Å². The third kappa shape index (κ3) is 3.47. The fourth-order valence-electron chi connectivity index (χ4n) is 3.92. The van der Waals surface area contributed by atoms with Gasteiger partial charge in [0.25, 0.3) is 0 Å². The van der Waals surface area contributed by atoms with Gasteiger partial charge in [-0.2, -0.15) is 5.10 Å². The Bertz CT molecular complexity index is 904. The van der Waals surface area contributed by atoms with E-state index in [-0.39, 0.29) is 5.91 Å². The minimum atomic E-state index is 0.256. The Kier molecular flexibility index (Phi) is 4.69. The largest absolute Gasteiger partial charge is 0.343 e. The van der Waals surface area contributed by atoms with Gasteiger partial charge in [0.2, 0.25) is 5.91 Å². The van der Waals surface area contributed by atoms with Crippen molar-refractivity contribution in [2.45, 2.75) is 31.6 Å². The predicted molar refractivity (Wildman–Crippen MR) is 102 cm³/mol. The zero-order chi connectivity index (χ0) is 17.9. The summed E-state index contributed by atoms with van der Waals surface area (Å²) in [5, 5.41) is 5.41. The molecule has 0 aliphatic carbocycles. The second kappa shape index (κ2) is 7.28. The van der Waals surface area contributed by atoms with Crippen LogP contribution >= 0.6 is 0 Å². The van der Waals surface area contributed by atoms with Crippen LogP contribution in [0.5, 0.6) is 0 Å².